The van der Waals surface area contributed by atoms with Gasteiger partial charge in [-0.05, 0) is 139 Å². The van der Waals surface area contributed by atoms with Crippen LogP contribution in [0.15, 0.2) is 277 Å². The molecule has 0 spiro atoms. The number of ether oxygens (including phenoxy) is 3. The van der Waals surface area contributed by atoms with E-state index in [1.165, 1.54) is 107 Å². The molecule has 38 heteroatoms. The predicted molar refractivity (Wildman–Crippen MR) is 514 cm³/mol. The third-order valence-corrected chi connectivity index (χ3v) is 25.7. The van der Waals surface area contributed by atoms with Crippen LogP contribution in [0.25, 0.3) is 107 Å². The van der Waals surface area contributed by atoms with Gasteiger partial charge in [-0.25, -0.2) is 92.6 Å². The zero-order chi connectivity index (χ0) is 93.7. The highest BCUT2D eigenvalue weighted by Gasteiger charge is 2.27. The number of methoxy groups -OCH3 is 2. The molecule has 15 aromatic heterocycles. The highest BCUT2D eigenvalue weighted by atomic mass is 32.2. The molecule has 1 saturated carbocycles. The average Bonchev–Trinajstić information content (AvgIpc) is 1.67. The Labute approximate surface area is 776 Å². The molecule has 18 aromatic rings. The molecule has 1 aliphatic carbocycles. The van der Waals surface area contributed by atoms with E-state index in [0.29, 0.717) is 95.2 Å². The van der Waals surface area contributed by atoms with Gasteiger partial charge in [0.05, 0.1) is 63.4 Å². The van der Waals surface area contributed by atoms with Crippen molar-refractivity contribution in [2.45, 2.75) is 79.8 Å². The number of rotatable bonds is 25. The van der Waals surface area contributed by atoms with Crippen LogP contribution in [-0.2, 0) is 53.9 Å². The van der Waals surface area contributed by atoms with Gasteiger partial charge < -0.3 is 41.2 Å². The maximum atomic E-state index is 14.2. The molecule has 0 atom stereocenters. The van der Waals surface area contributed by atoms with Crippen molar-refractivity contribution in [3.63, 3.8) is 0 Å². The number of aryl methyl sites for hydroxylation is 1. The molecule has 2 aliphatic rings. The fourth-order valence-electron chi connectivity index (χ4n) is 15.7. The van der Waals surface area contributed by atoms with Gasteiger partial charge in [-0.2, -0.15) is 0 Å². The van der Waals surface area contributed by atoms with E-state index in [-0.39, 0.29) is 44.5 Å². The van der Waals surface area contributed by atoms with Crippen LogP contribution in [0.1, 0.15) is 66.9 Å². The maximum absolute atomic E-state index is 14.2. The largest absolute Gasteiger partial charge is 0.480 e. The van der Waals surface area contributed by atoms with Gasteiger partial charge in [0.2, 0.25) is 11.8 Å². The summed E-state index contributed by atoms with van der Waals surface area (Å²) in [7, 11) is -7.87. The van der Waals surface area contributed by atoms with Crippen LogP contribution < -0.4 is 36.5 Å². The Balaban J connectivity index is 0.000000125. The van der Waals surface area contributed by atoms with Crippen LogP contribution in [0.2, 0.25) is 0 Å². The molecule has 684 valence electrons. The smallest absolute Gasteiger partial charge is 0.232 e. The van der Waals surface area contributed by atoms with Crippen LogP contribution in [0.5, 0.6) is 11.8 Å². The molecule has 0 radical (unpaired) electrons. The minimum Gasteiger partial charge on any atom is -0.480 e. The second-order valence-corrected chi connectivity index (χ2v) is 37.8. The molecule has 0 saturated heterocycles. The monoisotopic (exact) mass is 1870 g/mol. The molecule has 0 amide bonds. The second-order valence-electron chi connectivity index (χ2n) is 31.9. The summed E-state index contributed by atoms with van der Waals surface area (Å²) in [6.07, 6.45) is 34.4. The third-order valence-electron chi connectivity index (χ3n) is 22.5. The lowest BCUT2D eigenvalue weighted by atomic mass is 9.89. The molecule has 34 nitrogen and oxygen atoms in total. The minimum atomic E-state index is -3.63. The van der Waals surface area contributed by atoms with Gasteiger partial charge in [-0.3, -0.25) is 15.0 Å². The first-order valence-corrected chi connectivity index (χ1v) is 48.7. The van der Waals surface area contributed by atoms with Gasteiger partial charge in [0.1, 0.15) is 49.3 Å². The van der Waals surface area contributed by atoms with Gasteiger partial charge in [-0.15, -0.1) is 20.4 Å². The number of nitrogen functional groups attached to an aromatic ring is 1. The maximum Gasteiger partial charge on any atom is 0.232 e. The van der Waals surface area contributed by atoms with Crippen LogP contribution in [-0.4, -0.2) is 176 Å². The number of fused-ring (bicyclic) bond motifs is 4. The van der Waals surface area contributed by atoms with Gasteiger partial charge in [0.15, 0.2) is 76.1 Å². The fraction of sp³-hybridized carbons (Fsp3) is 0.196. The number of nitrogens with zero attached hydrogens (tertiary/aromatic N) is 20. The normalized spacial score (nSPS) is 12.9. The first-order valence-electron chi connectivity index (χ1n) is 43.1. The van der Waals surface area contributed by atoms with Crippen molar-refractivity contribution < 1.29 is 43.9 Å². The summed E-state index contributed by atoms with van der Waals surface area (Å²) in [6, 6.07) is 54.8. The molecule has 0 unspecified atom stereocenters. The molecule has 20 rings (SSSR count). The number of nitrogens with one attached hydrogen (secondary N) is 4. The Morgan fingerprint density at radius 2 is 0.896 bits per heavy atom. The van der Waals surface area contributed by atoms with Crippen LogP contribution in [0.4, 0.5) is 33.5 Å². The molecule has 16 heterocycles. The summed E-state index contributed by atoms with van der Waals surface area (Å²) >= 11 is 0. The average molecular weight is 1870 g/mol. The van der Waals surface area contributed by atoms with E-state index >= 15 is 0 Å². The second kappa shape index (κ2) is 40.5. The molecule has 0 bridgehead atoms. The molecule has 3 aromatic carbocycles. The Hall–Kier alpha value is -15.8. The van der Waals surface area contributed by atoms with Gasteiger partial charge in [-0.1, -0.05) is 122 Å². The number of pyridine rings is 6. The summed E-state index contributed by atoms with van der Waals surface area (Å²) in [5.74, 6) is 5.30. The predicted octanol–water partition coefficient (Wildman–Crippen LogP) is 15.6. The summed E-state index contributed by atoms with van der Waals surface area (Å²) in [5, 5.41) is 32.3. The number of hydrogen-bond donors (Lipinski definition) is 5. The molecule has 6 N–H and O–H groups in total. The SMILES string of the molecule is COc1ncc(-c2nc(NCc3ncccc3F)c3c(-c4ccccc4)ccn3n2)cc1S(C)(=O)=O.COc1ncc(-c2nc(NCc3ncccn3)c3c(-c4ccccc4)ccn3n2)cc1S(C)(=O)=O.CS(=O)(=O)c1cncc(-c2nc(NCC3CCCCC3)c3c(C4=CCOCC4)ccn3n2)c1.Cc1cc(-c2nc(NCc3ccccn3)c3c(-c4ccccc4)ccn3n2)cnc1N. The molecule has 1 aliphatic heterocycles. The Bertz CT molecular complexity index is 7730. The van der Waals surface area contributed by atoms with Crippen molar-refractivity contribution >= 4 is 86.2 Å². The van der Waals surface area contributed by atoms with Crippen molar-refractivity contribution in [2.24, 2.45) is 5.92 Å². The lowest BCUT2D eigenvalue weighted by molar-refractivity contribution is 0.161. The van der Waals surface area contributed by atoms with E-state index in [4.69, 9.17) is 45.1 Å². The summed E-state index contributed by atoms with van der Waals surface area (Å²) in [5.41, 5.74) is 21.7. The van der Waals surface area contributed by atoms with E-state index in [9.17, 15) is 29.6 Å². The highest BCUT2D eigenvalue weighted by molar-refractivity contribution is 7.91. The van der Waals surface area contributed by atoms with Crippen molar-refractivity contribution in [3.8, 4) is 90.7 Å². The van der Waals surface area contributed by atoms with E-state index < -0.39 is 35.3 Å². The molecule has 135 heavy (non-hydrogen) atoms. The summed E-state index contributed by atoms with van der Waals surface area (Å²) in [6.45, 7) is 5.06. The van der Waals surface area contributed by atoms with E-state index in [0.717, 1.165) is 109 Å². The lowest BCUT2D eigenvalue weighted by Gasteiger charge is -2.22. The van der Waals surface area contributed by atoms with E-state index in [1.807, 2.05) is 150 Å². The molecular weight excluding hydrogens is 1770 g/mol. The topological polar surface area (TPSA) is 428 Å². The first-order chi connectivity index (χ1) is 65.5. The van der Waals surface area contributed by atoms with Crippen molar-refractivity contribution in [2.75, 3.05) is 79.7 Å². The van der Waals surface area contributed by atoms with Crippen molar-refractivity contribution in [3.05, 3.63) is 297 Å². The summed E-state index contributed by atoms with van der Waals surface area (Å²) < 4.78 is 110. The zero-order valence-electron chi connectivity index (χ0n) is 74.2. The Kier molecular flexibility index (Phi) is 27.3. The number of anilines is 5. The van der Waals surface area contributed by atoms with Gasteiger partial charge >= 0.3 is 0 Å². The minimum absolute atomic E-state index is 0.0152. The Morgan fingerprint density at radius 3 is 1.36 bits per heavy atom. The molecular formula is C97H92FN25O9S3. The number of benzene rings is 3. The van der Waals surface area contributed by atoms with Crippen molar-refractivity contribution in [1.82, 2.24) is 98.3 Å². The lowest BCUT2D eigenvalue weighted by Crippen LogP contribution is -2.18. The number of halogens is 1. The van der Waals surface area contributed by atoms with E-state index in [1.54, 1.807) is 58.3 Å². The standard InChI is InChI=1S/C25H21FN6O3S.C24H21N7O3S.C24H21N7.C24H29N5O3S/c1-35-25-21(36(2,33)34)13-17(14-29-25)23-30-24(28-15-20-19(26)9-6-11-27-20)22-18(10-12-32(22)31-23)16-7-4-3-5-8-16;1-34-24-19(35(2,32)33)13-17(14-28-24)22-29-23(27-15-20-25-10-6-11-26-20)21-18(9-12-31(21)30-22)16-7-4-3-5-8-16;1-16-13-18(14-27-22(16)25)23-29-24(28-15-19-9-5-6-11-26-19)21-20(10-12-31(21)30-23)17-7-3-2-4-8-17;1-33(30,31)20-13-19(15-25-16-20)23-27-24(26-14-17-5-3-2-4-6-17)22-21(7-10-29(22)28-23)18-8-11-32-12-9-18/h3-14H,15H2,1-2H3,(H,28,30,31);3-14H,15H2,1-2H3,(H,27,29,30);2-14H,15H2,1H3,(H2,25,27)(H,28,29,30);7-8,10,13,15-17H,2-6,9,11-12,14H2,1H3,(H,26,27,28). The number of hydrogen-bond acceptors (Lipinski definition) is 30. The van der Waals surface area contributed by atoms with Crippen LogP contribution >= 0.6 is 0 Å². The third kappa shape index (κ3) is 21.2. The number of nitrogens with two attached hydrogens (primary N) is 1. The van der Waals surface area contributed by atoms with Gasteiger partial charge in [0.25, 0.3) is 0 Å². The van der Waals surface area contributed by atoms with Gasteiger partial charge in [0, 0.05) is 150 Å². The van der Waals surface area contributed by atoms with Crippen LogP contribution in [0.3, 0.4) is 0 Å². The van der Waals surface area contributed by atoms with E-state index in [2.05, 4.69) is 107 Å². The highest BCUT2D eigenvalue weighted by Crippen LogP contribution is 2.39. The van der Waals surface area contributed by atoms with Crippen molar-refractivity contribution in [1.29, 1.82) is 0 Å². The first kappa shape index (κ1) is 91.1. The zero-order valence-corrected chi connectivity index (χ0v) is 76.6. The van der Waals surface area contributed by atoms with Crippen LogP contribution in [0, 0.1) is 18.7 Å². The quantitative estimate of drug-likeness (QED) is 0.0355. The number of aromatic nitrogens is 20. The fourth-order valence-corrected chi connectivity index (χ4v) is 17.9. The molecule has 1 fully saturated rings. The summed E-state index contributed by atoms with van der Waals surface area (Å²) in [4.78, 5) is 52.9. The Morgan fingerprint density at radius 1 is 0.444 bits per heavy atom. The number of sulfone groups is 3.